The number of hydrogen-bond acceptors (Lipinski definition) is 3. The number of carboxylic acids is 1. The molecule has 2 aromatic carbocycles. The van der Waals surface area contributed by atoms with E-state index in [0.29, 0.717) is 27.5 Å². The van der Waals surface area contributed by atoms with Crippen molar-refractivity contribution >= 4 is 39.8 Å². The Morgan fingerprint density at radius 3 is 2.78 bits per heavy atom. The third kappa shape index (κ3) is 2.93. The molecule has 0 fully saturated rings. The Kier molecular flexibility index (Phi) is 3.83. The maximum absolute atomic E-state index is 13.9. The molecular formula is C16H12ClFN2O3. The highest BCUT2D eigenvalue weighted by molar-refractivity contribution is 6.31. The molecule has 0 aliphatic heterocycles. The molecule has 0 saturated heterocycles. The summed E-state index contributed by atoms with van der Waals surface area (Å²) in [5, 5.41) is 13.1. The summed E-state index contributed by atoms with van der Waals surface area (Å²) in [6.45, 7) is 0. The lowest BCUT2D eigenvalue weighted by molar-refractivity contribution is 0.0691. The topological polar surface area (TPSA) is 74.3 Å². The second kappa shape index (κ2) is 5.81. The molecule has 0 aliphatic carbocycles. The zero-order valence-corrected chi connectivity index (χ0v) is 12.7. The molecule has 0 bridgehead atoms. The minimum atomic E-state index is -1.16. The van der Waals surface area contributed by atoms with Crippen LogP contribution in [0.1, 0.15) is 10.5 Å². The first-order valence-corrected chi connectivity index (χ1v) is 7.02. The lowest BCUT2D eigenvalue weighted by Crippen LogP contribution is -1.95. The van der Waals surface area contributed by atoms with Gasteiger partial charge in [0.05, 0.1) is 12.6 Å². The molecule has 5 nitrogen and oxygen atoms in total. The van der Waals surface area contributed by atoms with Crippen LogP contribution in [0.3, 0.4) is 0 Å². The van der Waals surface area contributed by atoms with Crippen LogP contribution in [0.25, 0.3) is 10.9 Å². The van der Waals surface area contributed by atoms with E-state index < -0.39 is 11.8 Å². The Morgan fingerprint density at radius 1 is 1.30 bits per heavy atom. The smallest absolute Gasteiger partial charge is 0.352 e. The van der Waals surface area contributed by atoms with Gasteiger partial charge in [0, 0.05) is 27.8 Å². The molecule has 0 amide bonds. The van der Waals surface area contributed by atoms with Crippen LogP contribution in [-0.4, -0.2) is 23.2 Å². The van der Waals surface area contributed by atoms with Gasteiger partial charge < -0.3 is 20.1 Å². The highest BCUT2D eigenvalue weighted by Crippen LogP contribution is 2.31. The van der Waals surface area contributed by atoms with Crippen LogP contribution >= 0.6 is 11.6 Å². The molecule has 3 N–H and O–H groups in total. The summed E-state index contributed by atoms with van der Waals surface area (Å²) in [6, 6.07) is 9.24. The number of fused-ring (bicyclic) bond motifs is 1. The van der Waals surface area contributed by atoms with Crippen LogP contribution in [0.15, 0.2) is 36.4 Å². The minimum Gasteiger partial charge on any atom is -0.497 e. The molecule has 1 heterocycles. The highest BCUT2D eigenvalue weighted by atomic mass is 35.5. The van der Waals surface area contributed by atoms with Crippen molar-refractivity contribution in [3.05, 3.63) is 52.9 Å². The number of aromatic amines is 1. The van der Waals surface area contributed by atoms with E-state index in [0.717, 1.165) is 0 Å². The molecule has 7 heteroatoms. The number of anilines is 2. The highest BCUT2D eigenvalue weighted by Gasteiger charge is 2.14. The standard InChI is InChI=1S/C16H12ClFN2O3/c1-23-10-5-8(17)4-9(6-10)19-13-3-2-12(18)15-11(13)7-14(20-15)16(21)22/h2-7,19-20H,1H3,(H,21,22). The van der Waals surface area contributed by atoms with Gasteiger partial charge in [-0.2, -0.15) is 0 Å². The Hall–Kier alpha value is -2.73. The zero-order chi connectivity index (χ0) is 16.6. The third-order valence-corrected chi connectivity index (χ3v) is 3.58. The maximum atomic E-state index is 13.9. The van der Waals surface area contributed by atoms with E-state index in [-0.39, 0.29) is 11.2 Å². The second-order valence-corrected chi connectivity index (χ2v) is 5.31. The van der Waals surface area contributed by atoms with E-state index in [2.05, 4.69) is 10.3 Å². The van der Waals surface area contributed by atoms with Crippen LogP contribution in [0, 0.1) is 5.82 Å². The van der Waals surface area contributed by atoms with Crippen molar-refractivity contribution in [2.45, 2.75) is 0 Å². The van der Waals surface area contributed by atoms with Crippen molar-refractivity contribution in [1.29, 1.82) is 0 Å². The Bertz CT molecular complexity index is 908. The van der Waals surface area contributed by atoms with Crippen LogP contribution in [-0.2, 0) is 0 Å². The average Bonchev–Trinajstić information content (AvgIpc) is 2.96. The molecule has 0 aliphatic rings. The summed E-state index contributed by atoms with van der Waals surface area (Å²) in [5.74, 6) is -1.11. The normalized spacial score (nSPS) is 10.7. The number of methoxy groups -OCH3 is 1. The average molecular weight is 335 g/mol. The first kappa shape index (κ1) is 15.2. The number of aromatic carboxylic acids is 1. The SMILES string of the molecule is COc1cc(Cl)cc(Nc2ccc(F)c3[nH]c(C(=O)O)cc23)c1. The molecule has 118 valence electrons. The summed E-state index contributed by atoms with van der Waals surface area (Å²) in [6.07, 6.45) is 0. The molecule has 0 radical (unpaired) electrons. The van der Waals surface area contributed by atoms with Gasteiger partial charge in [0.2, 0.25) is 0 Å². The molecule has 0 unspecified atom stereocenters. The van der Waals surface area contributed by atoms with Crippen molar-refractivity contribution in [1.82, 2.24) is 4.98 Å². The van der Waals surface area contributed by atoms with E-state index in [4.69, 9.17) is 21.4 Å². The van der Waals surface area contributed by atoms with Crippen molar-refractivity contribution in [2.75, 3.05) is 12.4 Å². The van der Waals surface area contributed by atoms with Gasteiger partial charge >= 0.3 is 5.97 Å². The molecule has 0 atom stereocenters. The lowest BCUT2D eigenvalue weighted by atomic mass is 10.2. The fourth-order valence-electron chi connectivity index (χ4n) is 2.32. The summed E-state index contributed by atoms with van der Waals surface area (Å²) >= 11 is 6.02. The van der Waals surface area contributed by atoms with E-state index in [1.165, 1.54) is 25.3 Å². The number of halogens is 2. The second-order valence-electron chi connectivity index (χ2n) is 4.88. The molecule has 0 saturated carbocycles. The van der Waals surface area contributed by atoms with Crippen molar-refractivity contribution in [3.8, 4) is 5.75 Å². The summed E-state index contributed by atoms with van der Waals surface area (Å²) < 4.78 is 19.0. The zero-order valence-electron chi connectivity index (χ0n) is 12.0. The Labute approximate surface area is 135 Å². The Morgan fingerprint density at radius 2 is 2.09 bits per heavy atom. The number of aromatic nitrogens is 1. The third-order valence-electron chi connectivity index (χ3n) is 3.36. The first-order chi connectivity index (χ1) is 11.0. The van der Waals surface area contributed by atoms with E-state index >= 15 is 0 Å². The quantitative estimate of drug-likeness (QED) is 0.660. The molecule has 3 aromatic rings. The molecule has 1 aromatic heterocycles. The van der Waals surface area contributed by atoms with Gasteiger partial charge in [0.1, 0.15) is 17.3 Å². The van der Waals surface area contributed by atoms with Gasteiger partial charge in [-0.3, -0.25) is 0 Å². The monoisotopic (exact) mass is 334 g/mol. The van der Waals surface area contributed by atoms with Gasteiger partial charge in [0.15, 0.2) is 0 Å². The number of H-pyrrole nitrogens is 1. The number of nitrogens with one attached hydrogen (secondary N) is 2. The van der Waals surface area contributed by atoms with Gasteiger partial charge in [0.25, 0.3) is 0 Å². The maximum Gasteiger partial charge on any atom is 0.352 e. The van der Waals surface area contributed by atoms with Crippen molar-refractivity contribution in [3.63, 3.8) is 0 Å². The number of carboxylic acid groups (broad SMARTS) is 1. The number of carbonyl (C=O) groups is 1. The Balaban J connectivity index is 2.08. The van der Waals surface area contributed by atoms with Gasteiger partial charge in [-0.25, -0.2) is 9.18 Å². The van der Waals surface area contributed by atoms with Crippen LogP contribution in [0.4, 0.5) is 15.8 Å². The summed E-state index contributed by atoms with van der Waals surface area (Å²) in [5.41, 5.74) is 1.23. The number of benzene rings is 2. The summed E-state index contributed by atoms with van der Waals surface area (Å²) in [7, 11) is 1.52. The van der Waals surface area contributed by atoms with Crippen molar-refractivity contribution < 1.29 is 19.0 Å². The molecule has 23 heavy (non-hydrogen) atoms. The van der Waals surface area contributed by atoms with Gasteiger partial charge in [-0.1, -0.05) is 11.6 Å². The molecular weight excluding hydrogens is 323 g/mol. The van der Waals surface area contributed by atoms with Crippen LogP contribution in [0.2, 0.25) is 5.02 Å². The van der Waals surface area contributed by atoms with Crippen LogP contribution in [0.5, 0.6) is 5.75 Å². The molecule has 3 rings (SSSR count). The van der Waals surface area contributed by atoms with Gasteiger partial charge in [-0.15, -0.1) is 0 Å². The lowest BCUT2D eigenvalue weighted by Gasteiger charge is -2.10. The number of hydrogen-bond donors (Lipinski definition) is 3. The minimum absolute atomic E-state index is 0.0863. The van der Waals surface area contributed by atoms with Crippen molar-refractivity contribution in [2.24, 2.45) is 0 Å². The van der Waals surface area contributed by atoms with E-state index in [9.17, 15) is 9.18 Å². The van der Waals surface area contributed by atoms with E-state index in [1.54, 1.807) is 18.2 Å². The predicted molar refractivity (Wildman–Crippen MR) is 86.5 cm³/mol. The van der Waals surface area contributed by atoms with E-state index in [1.807, 2.05) is 0 Å². The fraction of sp³-hybridized carbons (Fsp3) is 0.0625. The largest absolute Gasteiger partial charge is 0.497 e. The number of ether oxygens (including phenoxy) is 1. The fourth-order valence-corrected chi connectivity index (χ4v) is 2.54. The molecule has 0 spiro atoms. The predicted octanol–water partition coefficient (Wildman–Crippen LogP) is 4.41. The van der Waals surface area contributed by atoms with Crippen LogP contribution < -0.4 is 10.1 Å². The summed E-state index contributed by atoms with van der Waals surface area (Å²) in [4.78, 5) is 13.6. The first-order valence-electron chi connectivity index (χ1n) is 6.64. The number of rotatable bonds is 4. The van der Waals surface area contributed by atoms with Gasteiger partial charge in [-0.05, 0) is 30.3 Å².